The van der Waals surface area contributed by atoms with E-state index >= 15 is 0 Å². The van der Waals surface area contributed by atoms with Gasteiger partial charge in [0.25, 0.3) is 0 Å². The Balaban J connectivity index is 1.79. The summed E-state index contributed by atoms with van der Waals surface area (Å²) in [5.41, 5.74) is 1.16. The molecule has 0 spiro atoms. The summed E-state index contributed by atoms with van der Waals surface area (Å²) in [5.74, 6) is 0.226. The second-order valence-electron chi connectivity index (χ2n) is 5.27. The first-order valence-electron chi connectivity index (χ1n) is 6.75. The van der Waals surface area contributed by atoms with Gasteiger partial charge < -0.3 is 10.4 Å². The third-order valence-corrected chi connectivity index (χ3v) is 3.67. The van der Waals surface area contributed by atoms with Crippen molar-refractivity contribution in [3.05, 3.63) is 35.1 Å². The molecule has 0 aliphatic heterocycles. The summed E-state index contributed by atoms with van der Waals surface area (Å²) in [6.07, 6.45) is 3.72. The van der Waals surface area contributed by atoms with Crippen molar-refractivity contribution in [2.45, 2.75) is 38.3 Å². The lowest BCUT2D eigenvalue weighted by molar-refractivity contribution is 0.108. The quantitative estimate of drug-likeness (QED) is 0.875. The number of halogens is 1. The zero-order valence-electron chi connectivity index (χ0n) is 10.9. The van der Waals surface area contributed by atoms with Gasteiger partial charge >= 0.3 is 0 Å². The third kappa shape index (κ3) is 4.30. The summed E-state index contributed by atoms with van der Waals surface area (Å²) < 4.78 is 13.2. The van der Waals surface area contributed by atoms with Gasteiger partial charge in [-0.15, -0.1) is 0 Å². The van der Waals surface area contributed by atoms with Crippen LogP contribution in [0.2, 0.25) is 0 Å². The molecule has 19 heavy (non-hydrogen) atoms. The summed E-state index contributed by atoms with van der Waals surface area (Å²) in [4.78, 5) is 0. The molecule has 3 nitrogen and oxygen atoms in total. The molecule has 0 bridgehead atoms. The minimum atomic E-state index is -0.364. The highest BCUT2D eigenvalue weighted by molar-refractivity contribution is 5.33. The molecule has 1 aliphatic rings. The van der Waals surface area contributed by atoms with Crippen molar-refractivity contribution < 1.29 is 9.50 Å². The van der Waals surface area contributed by atoms with Crippen LogP contribution in [-0.4, -0.2) is 17.8 Å². The van der Waals surface area contributed by atoms with Gasteiger partial charge in [-0.2, -0.15) is 5.26 Å². The molecule has 0 atom stereocenters. The van der Waals surface area contributed by atoms with E-state index < -0.39 is 0 Å². The second kappa shape index (κ2) is 6.65. The number of nitrogens with zero attached hydrogens (tertiary/aromatic N) is 1. The summed E-state index contributed by atoms with van der Waals surface area (Å²) in [6.45, 7) is 1.45. The molecule has 1 aromatic rings. The van der Waals surface area contributed by atoms with Crippen LogP contribution in [0.4, 0.5) is 4.39 Å². The van der Waals surface area contributed by atoms with Gasteiger partial charge in [0.05, 0.1) is 17.7 Å². The minimum Gasteiger partial charge on any atom is -0.393 e. The number of aliphatic hydroxyl groups is 1. The van der Waals surface area contributed by atoms with E-state index in [0.29, 0.717) is 18.0 Å². The first-order valence-corrected chi connectivity index (χ1v) is 6.75. The fourth-order valence-corrected chi connectivity index (χ4v) is 2.59. The molecule has 0 aromatic heterocycles. The highest BCUT2D eigenvalue weighted by Gasteiger charge is 2.18. The number of hydrogen-bond acceptors (Lipinski definition) is 3. The van der Waals surface area contributed by atoms with E-state index in [0.717, 1.165) is 37.8 Å². The monoisotopic (exact) mass is 262 g/mol. The number of nitrogens with one attached hydrogen (secondary N) is 1. The molecule has 0 amide bonds. The number of benzene rings is 1. The molecule has 2 N–H and O–H groups in total. The zero-order valence-corrected chi connectivity index (χ0v) is 10.9. The second-order valence-corrected chi connectivity index (χ2v) is 5.27. The Labute approximate surface area is 113 Å². The van der Waals surface area contributed by atoms with Gasteiger partial charge in [-0.3, -0.25) is 0 Å². The summed E-state index contributed by atoms with van der Waals surface area (Å²) >= 11 is 0. The molecule has 0 unspecified atom stereocenters. The van der Waals surface area contributed by atoms with Crippen molar-refractivity contribution in [3.8, 4) is 6.07 Å². The van der Waals surface area contributed by atoms with E-state index in [-0.39, 0.29) is 11.9 Å². The Morgan fingerprint density at radius 3 is 2.68 bits per heavy atom. The molecule has 1 aliphatic carbocycles. The van der Waals surface area contributed by atoms with Crippen molar-refractivity contribution in [3.63, 3.8) is 0 Å². The predicted octanol–water partition coefficient (Wildman–Crippen LogP) is 2.34. The Morgan fingerprint density at radius 1 is 1.26 bits per heavy atom. The first kappa shape index (κ1) is 14.0. The number of hydrogen-bond donors (Lipinski definition) is 2. The van der Waals surface area contributed by atoms with Crippen LogP contribution in [0.15, 0.2) is 18.2 Å². The Morgan fingerprint density at radius 2 is 2.00 bits per heavy atom. The van der Waals surface area contributed by atoms with Gasteiger partial charge in [0.15, 0.2) is 0 Å². The number of rotatable bonds is 4. The van der Waals surface area contributed by atoms with Gasteiger partial charge in [0.1, 0.15) is 5.82 Å². The smallest absolute Gasteiger partial charge is 0.124 e. The van der Waals surface area contributed by atoms with Gasteiger partial charge in [-0.1, -0.05) is 0 Å². The van der Waals surface area contributed by atoms with Crippen molar-refractivity contribution in [1.82, 2.24) is 5.32 Å². The van der Waals surface area contributed by atoms with Crippen LogP contribution in [0.3, 0.4) is 0 Å². The van der Waals surface area contributed by atoms with Crippen LogP contribution >= 0.6 is 0 Å². The molecule has 0 heterocycles. The molecule has 1 saturated carbocycles. The maximum atomic E-state index is 13.2. The molecule has 0 saturated heterocycles. The fourth-order valence-electron chi connectivity index (χ4n) is 2.59. The molecule has 1 fully saturated rings. The van der Waals surface area contributed by atoms with Gasteiger partial charge in [-0.05, 0) is 61.9 Å². The normalized spacial score (nSPS) is 23.0. The van der Waals surface area contributed by atoms with Gasteiger partial charge in [-0.25, -0.2) is 4.39 Å². The largest absolute Gasteiger partial charge is 0.393 e. The van der Waals surface area contributed by atoms with Crippen LogP contribution in [0.25, 0.3) is 0 Å². The van der Waals surface area contributed by atoms with Crippen LogP contribution in [-0.2, 0) is 6.54 Å². The third-order valence-electron chi connectivity index (χ3n) is 3.67. The summed E-state index contributed by atoms with van der Waals surface area (Å²) in [5, 5.41) is 21.5. The molecular weight excluding hydrogens is 243 g/mol. The Kier molecular flexibility index (Phi) is 4.89. The number of aliphatic hydroxyl groups excluding tert-OH is 1. The molecule has 4 heteroatoms. The maximum Gasteiger partial charge on any atom is 0.124 e. The van der Waals surface area contributed by atoms with E-state index in [1.54, 1.807) is 6.07 Å². The molecule has 2 rings (SSSR count). The minimum absolute atomic E-state index is 0.127. The Bertz CT molecular complexity index is 462. The van der Waals surface area contributed by atoms with Crippen LogP contribution in [0.1, 0.15) is 36.8 Å². The highest BCUT2D eigenvalue weighted by atomic mass is 19.1. The molecular formula is C15H19FN2O. The first-order chi connectivity index (χ1) is 9.17. The summed E-state index contributed by atoms with van der Waals surface area (Å²) in [7, 11) is 0. The molecule has 0 radical (unpaired) electrons. The van der Waals surface area contributed by atoms with E-state index in [9.17, 15) is 9.50 Å². The van der Waals surface area contributed by atoms with Crippen molar-refractivity contribution in [2.75, 3.05) is 6.54 Å². The van der Waals surface area contributed by atoms with Crippen molar-refractivity contribution in [2.24, 2.45) is 5.92 Å². The zero-order chi connectivity index (χ0) is 13.7. The van der Waals surface area contributed by atoms with Crippen LogP contribution in [0.5, 0.6) is 0 Å². The van der Waals surface area contributed by atoms with Gasteiger partial charge in [0.2, 0.25) is 0 Å². The molecule has 1 aromatic carbocycles. The number of nitriles is 1. The van der Waals surface area contributed by atoms with E-state index in [1.165, 1.54) is 12.1 Å². The van der Waals surface area contributed by atoms with E-state index in [2.05, 4.69) is 5.32 Å². The lowest BCUT2D eigenvalue weighted by Gasteiger charge is -2.25. The van der Waals surface area contributed by atoms with Crippen LogP contribution < -0.4 is 5.32 Å². The standard InChI is InChI=1S/C15H19FN2O/c16-14-6-12(8-17)5-13(7-14)10-18-9-11-1-3-15(19)4-2-11/h5-7,11,15,18-19H,1-4,9-10H2. The lowest BCUT2D eigenvalue weighted by atomic mass is 9.87. The lowest BCUT2D eigenvalue weighted by Crippen LogP contribution is -2.27. The maximum absolute atomic E-state index is 13.2. The average Bonchev–Trinajstić information content (AvgIpc) is 2.40. The topological polar surface area (TPSA) is 56.0 Å². The van der Waals surface area contributed by atoms with Crippen LogP contribution in [0, 0.1) is 23.1 Å². The fraction of sp³-hybridized carbons (Fsp3) is 0.533. The van der Waals surface area contributed by atoms with E-state index in [4.69, 9.17) is 5.26 Å². The van der Waals surface area contributed by atoms with Crippen molar-refractivity contribution in [1.29, 1.82) is 5.26 Å². The van der Waals surface area contributed by atoms with E-state index in [1.807, 2.05) is 6.07 Å². The summed E-state index contributed by atoms with van der Waals surface area (Å²) in [6, 6.07) is 6.37. The average molecular weight is 262 g/mol. The SMILES string of the molecule is N#Cc1cc(F)cc(CNCC2CCC(O)CC2)c1. The van der Waals surface area contributed by atoms with Gasteiger partial charge in [0, 0.05) is 6.54 Å². The van der Waals surface area contributed by atoms with Crippen molar-refractivity contribution >= 4 is 0 Å². The highest BCUT2D eigenvalue weighted by Crippen LogP contribution is 2.23. The molecule has 102 valence electrons. The Hall–Kier alpha value is -1.44. The predicted molar refractivity (Wildman–Crippen MR) is 70.8 cm³/mol.